The van der Waals surface area contributed by atoms with Crippen molar-refractivity contribution in [2.24, 2.45) is 16.6 Å². The average Bonchev–Trinajstić information content (AvgIpc) is 3.18. The van der Waals surface area contributed by atoms with Gasteiger partial charge in [-0.15, -0.1) is 0 Å². The normalized spacial score (nSPS) is 20.2. The zero-order chi connectivity index (χ0) is 25.3. The average molecular weight is 478 g/mol. The second-order valence-electron chi connectivity index (χ2n) is 9.30. The number of nitriles is 1. The lowest BCUT2D eigenvalue weighted by atomic mass is 9.72. The topological polar surface area (TPSA) is 103 Å². The summed E-state index contributed by atoms with van der Waals surface area (Å²) in [6, 6.07) is 26.8. The van der Waals surface area contributed by atoms with Gasteiger partial charge in [0.25, 0.3) is 11.8 Å². The van der Waals surface area contributed by atoms with Gasteiger partial charge in [-0.05, 0) is 59.9 Å². The molecule has 36 heavy (non-hydrogen) atoms. The van der Waals surface area contributed by atoms with Crippen molar-refractivity contribution in [2.75, 3.05) is 20.1 Å². The largest absolute Gasteiger partial charge is 0.369 e. The fraction of sp³-hybridized carbons (Fsp3) is 0.241. The number of hydrogen-bond donors (Lipinski definition) is 1. The number of likely N-dealkylation sites (tertiary alicyclic amines) is 1. The molecule has 0 spiro atoms. The molecule has 1 fully saturated rings. The van der Waals surface area contributed by atoms with Gasteiger partial charge in [-0.2, -0.15) is 5.26 Å². The van der Waals surface area contributed by atoms with Crippen molar-refractivity contribution in [3.05, 3.63) is 95.6 Å². The van der Waals surface area contributed by atoms with Crippen molar-refractivity contribution in [1.29, 1.82) is 5.26 Å². The van der Waals surface area contributed by atoms with Gasteiger partial charge in [0.1, 0.15) is 0 Å². The molecule has 2 amide bonds. The molecule has 2 aliphatic rings. The minimum atomic E-state index is -1.12. The Hall–Kier alpha value is -4.44. The standard InChI is InChI=1S/C29H27N5O2/c1-33-27(36)29(32-28(33)31,25-9-5-8-23(18-25)21-6-3-2-4-7-21)24-14-16-34(17-15-24)26(35)22-12-10-20(19-30)11-13-22/h2-13,18,24H,14-17H2,1H3,(H2,31,32). The summed E-state index contributed by atoms with van der Waals surface area (Å²) in [5.74, 6) is -0.108. The summed E-state index contributed by atoms with van der Waals surface area (Å²) in [6.45, 7) is 1.02. The minimum Gasteiger partial charge on any atom is -0.369 e. The molecule has 0 bridgehead atoms. The van der Waals surface area contributed by atoms with Crippen LogP contribution in [0.1, 0.15) is 34.3 Å². The Morgan fingerprint density at radius 2 is 1.67 bits per heavy atom. The summed E-state index contributed by atoms with van der Waals surface area (Å²) in [5, 5.41) is 9.01. The molecule has 2 heterocycles. The molecule has 3 aromatic carbocycles. The third-order valence-corrected chi connectivity index (χ3v) is 7.31. The van der Waals surface area contributed by atoms with Gasteiger partial charge in [0.15, 0.2) is 11.5 Å². The number of hydrogen-bond acceptors (Lipinski definition) is 5. The molecule has 0 aromatic heterocycles. The summed E-state index contributed by atoms with van der Waals surface area (Å²) in [5.41, 5.74) is 9.02. The van der Waals surface area contributed by atoms with E-state index < -0.39 is 5.54 Å². The van der Waals surface area contributed by atoms with E-state index in [0.717, 1.165) is 16.7 Å². The Bertz CT molecular complexity index is 1370. The Morgan fingerprint density at radius 1 is 1.00 bits per heavy atom. The number of amides is 2. The fourth-order valence-corrected chi connectivity index (χ4v) is 5.29. The summed E-state index contributed by atoms with van der Waals surface area (Å²) in [4.78, 5) is 34.8. The number of aliphatic imine (C=N–C) groups is 1. The van der Waals surface area contributed by atoms with E-state index in [0.29, 0.717) is 37.1 Å². The number of nitrogens with zero attached hydrogens (tertiary/aromatic N) is 4. The molecular formula is C29H27N5O2. The molecule has 1 unspecified atom stereocenters. The number of benzene rings is 3. The van der Waals surface area contributed by atoms with Crippen LogP contribution in [-0.4, -0.2) is 47.7 Å². The number of carbonyl (C=O) groups is 2. The maximum absolute atomic E-state index is 13.7. The number of likely N-dealkylation sites (N-methyl/N-ethyl adjacent to an activating group) is 1. The number of guanidine groups is 1. The smallest absolute Gasteiger partial charge is 0.261 e. The van der Waals surface area contributed by atoms with Crippen LogP contribution in [0.5, 0.6) is 0 Å². The van der Waals surface area contributed by atoms with Crippen molar-refractivity contribution in [2.45, 2.75) is 18.4 Å². The van der Waals surface area contributed by atoms with E-state index in [1.54, 1.807) is 31.3 Å². The maximum Gasteiger partial charge on any atom is 0.261 e. The zero-order valence-electron chi connectivity index (χ0n) is 20.1. The zero-order valence-corrected chi connectivity index (χ0v) is 20.1. The second-order valence-corrected chi connectivity index (χ2v) is 9.30. The van der Waals surface area contributed by atoms with E-state index in [1.807, 2.05) is 59.5 Å². The molecule has 0 radical (unpaired) electrons. The highest BCUT2D eigenvalue weighted by molar-refractivity contribution is 6.07. The SMILES string of the molecule is CN1C(=O)C(c2cccc(-c3ccccc3)c2)(C2CCN(C(=O)c3ccc(C#N)cc3)CC2)N=C1N. The Kier molecular flexibility index (Phi) is 6.03. The molecule has 3 aromatic rings. The monoisotopic (exact) mass is 477 g/mol. The second kappa shape index (κ2) is 9.31. The first-order valence-electron chi connectivity index (χ1n) is 12.0. The molecule has 1 saturated heterocycles. The summed E-state index contributed by atoms with van der Waals surface area (Å²) >= 11 is 0. The number of nitrogens with two attached hydrogens (primary N) is 1. The molecule has 1 atom stereocenters. The van der Waals surface area contributed by atoms with E-state index in [-0.39, 0.29) is 23.7 Å². The third-order valence-electron chi connectivity index (χ3n) is 7.31. The first kappa shape index (κ1) is 23.3. The van der Waals surface area contributed by atoms with Gasteiger partial charge in [-0.3, -0.25) is 14.5 Å². The summed E-state index contributed by atoms with van der Waals surface area (Å²) in [7, 11) is 1.66. The van der Waals surface area contributed by atoms with Gasteiger partial charge >= 0.3 is 0 Å². The van der Waals surface area contributed by atoms with Gasteiger partial charge in [0.2, 0.25) is 0 Å². The first-order chi connectivity index (χ1) is 17.4. The Morgan fingerprint density at radius 3 is 2.28 bits per heavy atom. The predicted molar refractivity (Wildman–Crippen MR) is 138 cm³/mol. The lowest BCUT2D eigenvalue weighted by Crippen LogP contribution is -2.49. The van der Waals surface area contributed by atoms with Gasteiger partial charge in [-0.1, -0.05) is 48.5 Å². The van der Waals surface area contributed by atoms with Gasteiger partial charge in [0, 0.05) is 31.6 Å². The van der Waals surface area contributed by atoms with E-state index in [2.05, 4.69) is 6.07 Å². The molecule has 0 aliphatic carbocycles. The van der Waals surface area contributed by atoms with Gasteiger partial charge in [-0.25, -0.2) is 4.99 Å². The lowest BCUT2D eigenvalue weighted by molar-refractivity contribution is -0.133. The molecule has 7 nitrogen and oxygen atoms in total. The number of rotatable bonds is 4. The lowest BCUT2D eigenvalue weighted by Gasteiger charge is -2.40. The van der Waals surface area contributed by atoms with E-state index in [4.69, 9.17) is 16.0 Å². The van der Waals surface area contributed by atoms with Crippen LogP contribution in [0.15, 0.2) is 83.9 Å². The molecule has 7 heteroatoms. The van der Waals surface area contributed by atoms with Crippen molar-refractivity contribution in [3.63, 3.8) is 0 Å². The number of carbonyl (C=O) groups excluding carboxylic acids is 2. The Labute approximate surface area is 210 Å². The summed E-state index contributed by atoms with van der Waals surface area (Å²) in [6.07, 6.45) is 1.24. The van der Waals surface area contributed by atoms with Crippen LogP contribution in [0.4, 0.5) is 0 Å². The highest BCUT2D eigenvalue weighted by Gasteiger charge is 2.54. The third kappa shape index (κ3) is 3.91. The van der Waals surface area contributed by atoms with E-state index in [1.165, 1.54) is 4.90 Å². The van der Waals surface area contributed by atoms with Crippen LogP contribution in [0, 0.1) is 17.2 Å². The molecular weight excluding hydrogens is 450 g/mol. The minimum absolute atomic E-state index is 0.0732. The summed E-state index contributed by atoms with van der Waals surface area (Å²) < 4.78 is 0. The molecule has 5 rings (SSSR count). The van der Waals surface area contributed by atoms with Crippen molar-refractivity contribution in [3.8, 4) is 17.2 Å². The highest BCUT2D eigenvalue weighted by atomic mass is 16.2. The van der Waals surface area contributed by atoms with Crippen molar-refractivity contribution in [1.82, 2.24) is 9.80 Å². The van der Waals surface area contributed by atoms with E-state index in [9.17, 15) is 9.59 Å². The van der Waals surface area contributed by atoms with Crippen LogP contribution in [0.2, 0.25) is 0 Å². The van der Waals surface area contributed by atoms with Crippen LogP contribution in [-0.2, 0) is 10.3 Å². The molecule has 2 aliphatic heterocycles. The fourth-order valence-electron chi connectivity index (χ4n) is 5.29. The molecule has 0 saturated carbocycles. The number of piperidine rings is 1. The first-order valence-corrected chi connectivity index (χ1v) is 12.0. The van der Waals surface area contributed by atoms with Gasteiger partial charge < -0.3 is 10.6 Å². The van der Waals surface area contributed by atoms with Crippen LogP contribution < -0.4 is 5.73 Å². The van der Waals surface area contributed by atoms with Crippen LogP contribution in [0.25, 0.3) is 11.1 Å². The van der Waals surface area contributed by atoms with Gasteiger partial charge in [0.05, 0.1) is 11.6 Å². The van der Waals surface area contributed by atoms with Crippen LogP contribution >= 0.6 is 0 Å². The maximum atomic E-state index is 13.7. The highest BCUT2D eigenvalue weighted by Crippen LogP contribution is 2.45. The van der Waals surface area contributed by atoms with Crippen molar-refractivity contribution >= 4 is 17.8 Å². The molecule has 180 valence electrons. The predicted octanol–water partition coefficient (Wildman–Crippen LogP) is 3.76. The molecule has 2 N–H and O–H groups in total. The van der Waals surface area contributed by atoms with Crippen LogP contribution in [0.3, 0.4) is 0 Å². The quantitative estimate of drug-likeness (QED) is 0.618. The Balaban J connectivity index is 1.44. The van der Waals surface area contributed by atoms with Crippen molar-refractivity contribution < 1.29 is 9.59 Å². The van der Waals surface area contributed by atoms with E-state index >= 15 is 0 Å².